The molecule has 2 aromatic heterocycles. The summed E-state index contributed by atoms with van der Waals surface area (Å²) in [4.78, 5) is 0. The van der Waals surface area contributed by atoms with Gasteiger partial charge in [-0.05, 0) is 37.5 Å². The SMILES string of the molecule is Oc1nn2c(-c3ccccc3)nnc2c2c1C1CCC2CC1. The molecular formula is C17H16N4O. The van der Waals surface area contributed by atoms with Crippen LogP contribution in [0.2, 0.25) is 0 Å². The Kier molecular flexibility index (Phi) is 2.37. The average molecular weight is 292 g/mol. The molecule has 1 N–H and O–H groups in total. The van der Waals surface area contributed by atoms with E-state index < -0.39 is 0 Å². The summed E-state index contributed by atoms with van der Waals surface area (Å²) < 4.78 is 1.71. The van der Waals surface area contributed by atoms with Crippen molar-refractivity contribution in [2.45, 2.75) is 37.5 Å². The van der Waals surface area contributed by atoms with Crippen LogP contribution in [0.15, 0.2) is 30.3 Å². The van der Waals surface area contributed by atoms with Gasteiger partial charge in [-0.1, -0.05) is 30.3 Å². The first kappa shape index (κ1) is 12.1. The molecule has 0 aliphatic heterocycles. The molecule has 0 unspecified atom stereocenters. The Bertz CT molecular complexity index is 863. The zero-order valence-corrected chi connectivity index (χ0v) is 12.1. The minimum atomic E-state index is 0.161. The van der Waals surface area contributed by atoms with Crippen LogP contribution < -0.4 is 0 Å². The molecule has 5 heteroatoms. The first-order chi connectivity index (χ1) is 10.8. The van der Waals surface area contributed by atoms with E-state index in [1.807, 2.05) is 30.3 Å². The third-order valence-corrected chi connectivity index (χ3v) is 5.18. The summed E-state index contributed by atoms with van der Waals surface area (Å²) in [5, 5.41) is 23.6. The monoisotopic (exact) mass is 292 g/mol. The van der Waals surface area contributed by atoms with E-state index in [0.29, 0.717) is 17.7 Å². The number of fused-ring (bicyclic) bond motifs is 3. The second-order valence-electron chi connectivity index (χ2n) is 6.32. The number of aromatic nitrogens is 4. The van der Waals surface area contributed by atoms with Crippen molar-refractivity contribution in [1.29, 1.82) is 0 Å². The van der Waals surface area contributed by atoms with Crippen molar-refractivity contribution in [1.82, 2.24) is 19.8 Å². The fourth-order valence-corrected chi connectivity index (χ4v) is 4.17. The van der Waals surface area contributed by atoms with Crippen molar-refractivity contribution >= 4 is 5.65 Å². The van der Waals surface area contributed by atoms with Gasteiger partial charge in [-0.3, -0.25) is 0 Å². The van der Waals surface area contributed by atoms with E-state index in [-0.39, 0.29) is 5.88 Å². The molecule has 0 radical (unpaired) electrons. The second-order valence-corrected chi connectivity index (χ2v) is 6.32. The van der Waals surface area contributed by atoms with Crippen LogP contribution in [0.1, 0.15) is 48.6 Å². The standard InChI is InChI=1S/C17H16N4O/c22-17-14-11-8-6-10(7-9-11)13(14)16-19-18-15(21(16)20-17)12-4-2-1-3-5-12/h1-5,10-11H,6-9H2,(H,20,22). The van der Waals surface area contributed by atoms with Crippen molar-refractivity contribution in [3.63, 3.8) is 0 Å². The van der Waals surface area contributed by atoms with Gasteiger partial charge in [0.1, 0.15) is 0 Å². The summed E-state index contributed by atoms with van der Waals surface area (Å²) in [6.07, 6.45) is 4.68. The number of hydrogen-bond donors (Lipinski definition) is 1. The molecule has 1 aromatic carbocycles. The Balaban J connectivity index is 1.82. The molecule has 1 saturated carbocycles. The summed E-state index contributed by atoms with van der Waals surface area (Å²) >= 11 is 0. The van der Waals surface area contributed by atoms with E-state index >= 15 is 0 Å². The van der Waals surface area contributed by atoms with E-state index in [4.69, 9.17) is 0 Å². The second kappa shape index (κ2) is 4.29. The molecule has 22 heavy (non-hydrogen) atoms. The predicted octanol–water partition coefficient (Wildman–Crippen LogP) is 3.25. The lowest BCUT2D eigenvalue weighted by atomic mass is 9.67. The highest BCUT2D eigenvalue weighted by molar-refractivity contribution is 5.64. The maximum atomic E-state index is 10.5. The first-order valence-electron chi connectivity index (χ1n) is 7.86. The zero-order valence-electron chi connectivity index (χ0n) is 12.1. The van der Waals surface area contributed by atoms with Crippen molar-refractivity contribution in [2.75, 3.05) is 0 Å². The Morgan fingerprint density at radius 1 is 0.909 bits per heavy atom. The van der Waals surface area contributed by atoms with Gasteiger partial charge in [0.2, 0.25) is 5.88 Å². The molecule has 3 aliphatic rings. The van der Waals surface area contributed by atoms with E-state index in [0.717, 1.165) is 29.6 Å². The Morgan fingerprint density at radius 2 is 1.59 bits per heavy atom. The van der Waals surface area contributed by atoms with E-state index in [1.54, 1.807) is 4.52 Å². The van der Waals surface area contributed by atoms with Crippen LogP contribution in [0, 0.1) is 0 Å². The van der Waals surface area contributed by atoms with Gasteiger partial charge in [0.25, 0.3) is 0 Å². The highest BCUT2D eigenvalue weighted by Gasteiger charge is 2.38. The van der Waals surface area contributed by atoms with E-state index in [2.05, 4.69) is 15.3 Å². The van der Waals surface area contributed by atoms with Crippen LogP contribution in [0.25, 0.3) is 17.0 Å². The van der Waals surface area contributed by atoms with Crippen LogP contribution in [-0.4, -0.2) is 24.9 Å². The minimum absolute atomic E-state index is 0.161. The van der Waals surface area contributed by atoms with Gasteiger partial charge in [-0.2, -0.15) is 4.52 Å². The van der Waals surface area contributed by atoms with Crippen LogP contribution in [-0.2, 0) is 0 Å². The average Bonchev–Trinajstić information content (AvgIpc) is 3.00. The molecule has 0 amide bonds. The highest BCUT2D eigenvalue weighted by atomic mass is 16.3. The third kappa shape index (κ3) is 1.51. The van der Waals surface area contributed by atoms with Crippen LogP contribution in [0.5, 0.6) is 5.88 Å². The van der Waals surface area contributed by atoms with Gasteiger partial charge in [-0.25, -0.2) is 0 Å². The molecule has 0 spiro atoms. The van der Waals surface area contributed by atoms with Gasteiger partial charge in [0.15, 0.2) is 11.5 Å². The van der Waals surface area contributed by atoms with Gasteiger partial charge >= 0.3 is 0 Å². The lowest BCUT2D eigenvalue weighted by Gasteiger charge is -2.37. The fourth-order valence-electron chi connectivity index (χ4n) is 4.17. The Hall–Kier alpha value is -2.43. The highest BCUT2D eigenvalue weighted by Crippen LogP contribution is 2.52. The van der Waals surface area contributed by atoms with Gasteiger partial charge in [-0.15, -0.1) is 15.3 Å². The molecule has 5 nitrogen and oxygen atoms in total. The molecule has 2 heterocycles. The summed E-state index contributed by atoms with van der Waals surface area (Å²) in [5.41, 5.74) is 4.00. The lowest BCUT2D eigenvalue weighted by molar-refractivity contribution is 0.335. The van der Waals surface area contributed by atoms with Crippen molar-refractivity contribution < 1.29 is 5.11 Å². The number of nitrogens with zero attached hydrogens (tertiary/aromatic N) is 4. The molecule has 2 bridgehead atoms. The number of benzene rings is 1. The molecule has 3 aliphatic carbocycles. The zero-order chi connectivity index (χ0) is 14.7. The van der Waals surface area contributed by atoms with Crippen LogP contribution in [0.4, 0.5) is 0 Å². The summed E-state index contributed by atoms with van der Waals surface area (Å²) in [7, 11) is 0. The Labute approximate surface area is 127 Å². The van der Waals surface area contributed by atoms with Gasteiger partial charge in [0, 0.05) is 16.7 Å². The van der Waals surface area contributed by atoms with Crippen molar-refractivity contribution in [3.05, 3.63) is 41.5 Å². The quantitative estimate of drug-likeness (QED) is 0.747. The molecule has 110 valence electrons. The molecule has 6 rings (SSSR count). The maximum absolute atomic E-state index is 10.5. The fraction of sp³-hybridized carbons (Fsp3) is 0.353. The van der Waals surface area contributed by atoms with Crippen molar-refractivity contribution in [3.8, 4) is 17.3 Å². The topological polar surface area (TPSA) is 63.3 Å². The summed E-state index contributed by atoms with van der Waals surface area (Å²) in [5.74, 6) is 1.78. The molecule has 3 aromatic rings. The molecule has 0 saturated heterocycles. The smallest absolute Gasteiger partial charge is 0.233 e. The normalized spacial score (nSPS) is 22.9. The largest absolute Gasteiger partial charge is 0.492 e. The first-order valence-corrected chi connectivity index (χ1v) is 7.86. The van der Waals surface area contributed by atoms with Crippen LogP contribution >= 0.6 is 0 Å². The van der Waals surface area contributed by atoms with Gasteiger partial charge in [0.05, 0.1) is 0 Å². The number of hydrogen-bond acceptors (Lipinski definition) is 4. The van der Waals surface area contributed by atoms with Crippen LogP contribution in [0.3, 0.4) is 0 Å². The molecule has 0 atom stereocenters. The van der Waals surface area contributed by atoms with Gasteiger partial charge < -0.3 is 5.11 Å². The minimum Gasteiger partial charge on any atom is -0.492 e. The van der Waals surface area contributed by atoms with Crippen molar-refractivity contribution in [2.24, 2.45) is 0 Å². The maximum Gasteiger partial charge on any atom is 0.233 e. The predicted molar refractivity (Wildman–Crippen MR) is 81.8 cm³/mol. The molecular weight excluding hydrogens is 276 g/mol. The number of rotatable bonds is 1. The Morgan fingerprint density at radius 3 is 2.32 bits per heavy atom. The van der Waals surface area contributed by atoms with E-state index in [9.17, 15) is 5.11 Å². The summed E-state index contributed by atoms with van der Waals surface area (Å²) in [6.45, 7) is 0. The molecule has 1 fully saturated rings. The third-order valence-electron chi connectivity index (χ3n) is 5.18. The van der Waals surface area contributed by atoms with E-state index in [1.165, 1.54) is 18.4 Å². The number of aromatic hydroxyl groups is 1. The summed E-state index contributed by atoms with van der Waals surface area (Å²) in [6, 6.07) is 9.88. The lowest BCUT2D eigenvalue weighted by Crippen LogP contribution is -2.23.